The van der Waals surface area contributed by atoms with Gasteiger partial charge in [0.15, 0.2) is 11.5 Å². The van der Waals surface area contributed by atoms with Crippen molar-refractivity contribution in [3.63, 3.8) is 0 Å². The van der Waals surface area contributed by atoms with Crippen LogP contribution in [0.3, 0.4) is 0 Å². The number of nitrogens with zero attached hydrogens (tertiary/aromatic N) is 7. The van der Waals surface area contributed by atoms with E-state index in [1.807, 2.05) is 29.8 Å². The Morgan fingerprint density at radius 1 is 1.12 bits per heavy atom. The molecule has 4 aromatic rings. The lowest BCUT2D eigenvalue weighted by Gasteiger charge is -2.08. The largest absolute Gasteiger partial charge is 0.369 e. The molecule has 0 amide bonds. The summed E-state index contributed by atoms with van der Waals surface area (Å²) in [5.41, 5.74) is 2.97. The highest BCUT2D eigenvalue weighted by Crippen LogP contribution is 2.20. The van der Waals surface area contributed by atoms with E-state index < -0.39 is 0 Å². The SMILES string of the molecule is Cc1cc(C)n(CCCNc2ncnc3c2cnn3-c2ccccn2)n1. The van der Waals surface area contributed by atoms with Gasteiger partial charge in [0, 0.05) is 25.0 Å². The molecule has 1 N–H and O–H groups in total. The Kier molecular flexibility index (Phi) is 4.30. The van der Waals surface area contributed by atoms with Crippen LogP contribution in [0.5, 0.6) is 0 Å². The molecule has 132 valence electrons. The maximum atomic E-state index is 4.48. The number of fused-ring (bicyclic) bond motifs is 1. The highest BCUT2D eigenvalue weighted by atomic mass is 15.3. The Morgan fingerprint density at radius 3 is 2.81 bits per heavy atom. The highest BCUT2D eigenvalue weighted by molar-refractivity contribution is 5.86. The van der Waals surface area contributed by atoms with Gasteiger partial charge in [-0.05, 0) is 38.5 Å². The van der Waals surface area contributed by atoms with E-state index in [0.29, 0.717) is 0 Å². The fraction of sp³-hybridized carbons (Fsp3) is 0.278. The topological polar surface area (TPSA) is 86.3 Å². The van der Waals surface area contributed by atoms with E-state index in [1.165, 1.54) is 5.69 Å². The molecule has 0 spiro atoms. The van der Waals surface area contributed by atoms with E-state index in [0.717, 1.165) is 47.9 Å². The first-order valence-electron chi connectivity index (χ1n) is 8.57. The van der Waals surface area contributed by atoms with Gasteiger partial charge in [-0.2, -0.15) is 14.9 Å². The van der Waals surface area contributed by atoms with Crippen LogP contribution in [0, 0.1) is 13.8 Å². The number of nitrogens with one attached hydrogen (secondary N) is 1. The molecule has 0 saturated heterocycles. The summed E-state index contributed by atoms with van der Waals surface area (Å²) in [7, 11) is 0. The van der Waals surface area contributed by atoms with Gasteiger partial charge in [-0.15, -0.1) is 0 Å². The summed E-state index contributed by atoms with van der Waals surface area (Å²) < 4.78 is 3.75. The number of rotatable bonds is 6. The molecule has 4 rings (SSSR count). The van der Waals surface area contributed by atoms with Crippen molar-refractivity contribution in [3.8, 4) is 5.82 Å². The molecule has 0 fully saturated rings. The molecule has 0 atom stereocenters. The van der Waals surface area contributed by atoms with Gasteiger partial charge in [0.1, 0.15) is 12.1 Å². The van der Waals surface area contributed by atoms with E-state index in [1.54, 1.807) is 23.4 Å². The van der Waals surface area contributed by atoms with Crippen molar-refractivity contribution >= 4 is 16.9 Å². The zero-order valence-electron chi connectivity index (χ0n) is 14.8. The molecule has 8 nitrogen and oxygen atoms in total. The summed E-state index contributed by atoms with van der Waals surface area (Å²) >= 11 is 0. The molecule has 0 aromatic carbocycles. The molecule has 0 bridgehead atoms. The van der Waals surface area contributed by atoms with E-state index in [2.05, 4.69) is 43.5 Å². The van der Waals surface area contributed by atoms with Crippen molar-refractivity contribution in [3.05, 3.63) is 54.4 Å². The summed E-state index contributed by atoms with van der Waals surface area (Å²) in [5.74, 6) is 1.52. The first-order chi connectivity index (χ1) is 12.7. The molecule has 0 aliphatic rings. The molecule has 4 aromatic heterocycles. The lowest BCUT2D eigenvalue weighted by atomic mass is 10.3. The third kappa shape index (κ3) is 3.13. The quantitative estimate of drug-likeness (QED) is 0.539. The van der Waals surface area contributed by atoms with Crippen molar-refractivity contribution < 1.29 is 0 Å². The minimum absolute atomic E-state index is 0.733. The van der Waals surface area contributed by atoms with Gasteiger partial charge in [0.05, 0.1) is 17.3 Å². The van der Waals surface area contributed by atoms with Crippen molar-refractivity contribution in [2.45, 2.75) is 26.8 Å². The van der Waals surface area contributed by atoms with Crippen molar-refractivity contribution in [1.29, 1.82) is 0 Å². The third-order valence-corrected chi connectivity index (χ3v) is 4.17. The van der Waals surface area contributed by atoms with Crippen molar-refractivity contribution in [2.75, 3.05) is 11.9 Å². The summed E-state index contributed by atoms with van der Waals surface area (Å²) in [6.45, 7) is 5.75. The van der Waals surface area contributed by atoms with Crippen LogP contribution in [0.2, 0.25) is 0 Å². The second-order valence-corrected chi connectivity index (χ2v) is 6.13. The maximum absolute atomic E-state index is 4.48. The minimum Gasteiger partial charge on any atom is -0.369 e. The Morgan fingerprint density at radius 2 is 2.04 bits per heavy atom. The molecule has 8 heteroatoms. The predicted octanol–water partition coefficient (Wildman–Crippen LogP) is 2.53. The van der Waals surface area contributed by atoms with E-state index in [9.17, 15) is 0 Å². The zero-order chi connectivity index (χ0) is 17.9. The second-order valence-electron chi connectivity index (χ2n) is 6.13. The molecular formula is C18H20N8. The molecule has 4 heterocycles. The summed E-state index contributed by atoms with van der Waals surface area (Å²) in [4.78, 5) is 13.1. The predicted molar refractivity (Wildman–Crippen MR) is 99.3 cm³/mol. The summed E-state index contributed by atoms with van der Waals surface area (Å²) in [5, 5.41) is 13.2. The Labute approximate surface area is 150 Å². The van der Waals surface area contributed by atoms with Gasteiger partial charge in [-0.1, -0.05) is 6.07 Å². The van der Waals surface area contributed by atoms with Gasteiger partial charge in [-0.3, -0.25) is 4.68 Å². The molecule has 0 radical (unpaired) electrons. The molecule has 26 heavy (non-hydrogen) atoms. The number of hydrogen-bond acceptors (Lipinski definition) is 6. The monoisotopic (exact) mass is 348 g/mol. The molecule has 0 aliphatic heterocycles. The first kappa shape index (κ1) is 16.2. The fourth-order valence-electron chi connectivity index (χ4n) is 2.97. The highest BCUT2D eigenvalue weighted by Gasteiger charge is 2.11. The van der Waals surface area contributed by atoms with Crippen LogP contribution in [0.4, 0.5) is 5.82 Å². The molecule has 0 unspecified atom stereocenters. The number of aryl methyl sites for hydroxylation is 3. The summed E-state index contributed by atoms with van der Waals surface area (Å²) in [6.07, 6.45) is 6.00. The van der Waals surface area contributed by atoms with Crippen LogP contribution in [0.15, 0.2) is 43.0 Å². The van der Waals surface area contributed by atoms with Crippen LogP contribution < -0.4 is 5.32 Å². The lowest BCUT2D eigenvalue weighted by Crippen LogP contribution is -2.10. The van der Waals surface area contributed by atoms with E-state index >= 15 is 0 Å². The minimum atomic E-state index is 0.733. The average molecular weight is 348 g/mol. The van der Waals surface area contributed by atoms with Crippen LogP contribution in [-0.2, 0) is 6.54 Å². The molecule has 0 aliphatic carbocycles. The normalized spacial score (nSPS) is 11.2. The van der Waals surface area contributed by atoms with Gasteiger partial charge in [0.25, 0.3) is 0 Å². The Balaban J connectivity index is 1.47. The Bertz CT molecular complexity index is 1020. The maximum Gasteiger partial charge on any atom is 0.170 e. The first-order valence-corrected chi connectivity index (χ1v) is 8.57. The van der Waals surface area contributed by atoms with Crippen LogP contribution >= 0.6 is 0 Å². The van der Waals surface area contributed by atoms with Crippen LogP contribution in [0.25, 0.3) is 16.9 Å². The van der Waals surface area contributed by atoms with Crippen LogP contribution in [0.1, 0.15) is 17.8 Å². The number of anilines is 1. The standard InChI is InChI=1S/C18H20N8/c1-13-10-14(2)25(24-13)9-5-8-20-17-15-11-23-26(18(15)22-12-21-17)16-6-3-4-7-19-16/h3-4,6-7,10-12H,5,8-9H2,1-2H3,(H,20,21,22). The lowest BCUT2D eigenvalue weighted by molar-refractivity contribution is 0.573. The second kappa shape index (κ2) is 6.91. The van der Waals surface area contributed by atoms with Gasteiger partial charge < -0.3 is 5.32 Å². The Hall–Kier alpha value is -3.29. The van der Waals surface area contributed by atoms with Gasteiger partial charge in [0.2, 0.25) is 0 Å². The summed E-state index contributed by atoms with van der Waals surface area (Å²) in [6, 6.07) is 7.79. The van der Waals surface area contributed by atoms with E-state index in [4.69, 9.17) is 0 Å². The fourth-order valence-corrected chi connectivity index (χ4v) is 2.97. The third-order valence-electron chi connectivity index (χ3n) is 4.17. The number of pyridine rings is 1. The van der Waals surface area contributed by atoms with Gasteiger partial charge in [-0.25, -0.2) is 15.0 Å². The van der Waals surface area contributed by atoms with Gasteiger partial charge >= 0.3 is 0 Å². The van der Waals surface area contributed by atoms with E-state index in [-0.39, 0.29) is 0 Å². The molecule has 0 saturated carbocycles. The molecular weight excluding hydrogens is 328 g/mol. The van der Waals surface area contributed by atoms with Crippen molar-refractivity contribution in [2.24, 2.45) is 0 Å². The number of hydrogen-bond donors (Lipinski definition) is 1. The smallest absolute Gasteiger partial charge is 0.170 e. The van der Waals surface area contributed by atoms with Crippen molar-refractivity contribution in [1.82, 2.24) is 34.5 Å². The van der Waals surface area contributed by atoms with Crippen LogP contribution in [-0.4, -0.2) is 41.1 Å². The number of aromatic nitrogens is 7. The average Bonchev–Trinajstić information content (AvgIpc) is 3.22. The zero-order valence-corrected chi connectivity index (χ0v) is 14.8.